The summed E-state index contributed by atoms with van der Waals surface area (Å²) >= 11 is 0.949. The highest BCUT2D eigenvalue weighted by molar-refractivity contribution is 8.03. The van der Waals surface area contributed by atoms with E-state index in [0.29, 0.717) is 16.9 Å². The van der Waals surface area contributed by atoms with E-state index in [0.717, 1.165) is 11.8 Å². The zero-order valence-corrected chi connectivity index (χ0v) is 11.6. The minimum Gasteiger partial charge on any atom is -0.368 e. The van der Waals surface area contributed by atoms with Gasteiger partial charge in [0, 0.05) is 4.90 Å². The third-order valence-electron chi connectivity index (χ3n) is 2.20. The molecule has 1 rings (SSSR count). The minimum atomic E-state index is -3.80. The van der Waals surface area contributed by atoms with Gasteiger partial charge in [0.15, 0.2) is 0 Å². The summed E-state index contributed by atoms with van der Waals surface area (Å²) in [5.74, 6) is 2.32. The van der Waals surface area contributed by atoms with Crippen molar-refractivity contribution < 1.29 is 13.2 Å². The molecule has 0 aromatic heterocycles. The molecule has 0 saturated heterocycles. The number of nitrogens with zero attached hydrogens (tertiary/aromatic N) is 1. The maximum absolute atomic E-state index is 11.4. The lowest BCUT2D eigenvalue weighted by Crippen LogP contribution is -2.15. The molecule has 1 aromatic carbocycles. The summed E-state index contributed by atoms with van der Waals surface area (Å²) in [5, 5.41) is 15.7. The number of rotatable bonds is 6. The molecule has 100 valence electrons. The van der Waals surface area contributed by atoms with Gasteiger partial charge in [0.1, 0.15) is 12.0 Å². The van der Waals surface area contributed by atoms with Gasteiger partial charge in [0.05, 0.1) is 11.5 Å². The van der Waals surface area contributed by atoms with Gasteiger partial charge in [-0.25, -0.2) is 13.6 Å². The Labute approximate surface area is 116 Å². The van der Waals surface area contributed by atoms with Crippen LogP contribution in [0.5, 0.6) is 0 Å². The lowest BCUT2D eigenvalue weighted by molar-refractivity contribution is 0.170. The summed E-state index contributed by atoms with van der Waals surface area (Å²) in [4.78, 5) is 0.695. The third-order valence-corrected chi connectivity index (χ3v) is 3.80. The predicted octanol–water partition coefficient (Wildman–Crippen LogP) is 1.10. The van der Waals surface area contributed by atoms with Gasteiger partial charge in [0.25, 0.3) is 0 Å². The molecule has 0 saturated carbocycles. The van der Waals surface area contributed by atoms with E-state index in [-0.39, 0.29) is 18.1 Å². The number of primary sulfonamides is 1. The fourth-order valence-corrected chi connectivity index (χ4v) is 2.68. The van der Waals surface area contributed by atoms with E-state index >= 15 is 0 Å². The summed E-state index contributed by atoms with van der Waals surface area (Å²) in [6.45, 7) is 0.449. The molecule has 0 unspecified atom stereocenters. The summed E-state index contributed by atoms with van der Waals surface area (Å²) < 4.78 is 28.0. The van der Waals surface area contributed by atoms with Crippen LogP contribution >= 0.6 is 11.8 Å². The highest BCUT2D eigenvalue weighted by Crippen LogP contribution is 2.23. The van der Waals surface area contributed by atoms with E-state index in [4.69, 9.17) is 21.6 Å². The molecule has 0 aliphatic heterocycles. The summed E-state index contributed by atoms with van der Waals surface area (Å²) in [7, 11) is -3.80. The number of nitriles is 1. The zero-order chi connectivity index (χ0) is 14.3. The fraction of sp³-hybridized carbons (Fsp3) is 0.250. The van der Waals surface area contributed by atoms with E-state index in [9.17, 15) is 8.42 Å². The van der Waals surface area contributed by atoms with Crippen LogP contribution in [0, 0.1) is 23.0 Å². The highest BCUT2D eigenvalue weighted by atomic mass is 32.2. The maximum atomic E-state index is 11.4. The largest absolute Gasteiger partial charge is 0.368 e. The lowest BCUT2D eigenvalue weighted by atomic mass is 10.1. The van der Waals surface area contributed by atoms with Crippen LogP contribution in [0.1, 0.15) is 5.56 Å². The first-order chi connectivity index (χ1) is 8.99. The maximum Gasteiger partial charge on any atom is 0.238 e. The number of hydrogen-bond donors (Lipinski definition) is 1. The summed E-state index contributed by atoms with van der Waals surface area (Å²) in [6.07, 6.45) is 5.39. The van der Waals surface area contributed by atoms with Gasteiger partial charge in [-0.1, -0.05) is 5.92 Å². The smallest absolute Gasteiger partial charge is 0.238 e. The standard InChI is InChI=1S/C12H12N2O3S2/c1-2-6-17-7-5-10-8-11(18-9-13)3-4-12(10)19(14,15)16/h1,3-4,8H,5-7H2,(H2,14,15,16). The number of nitrogens with two attached hydrogens (primary N) is 1. The Morgan fingerprint density at radius 3 is 2.79 bits per heavy atom. The average molecular weight is 296 g/mol. The number of thioether (sulfide) groups is 1. The van der Waals surface area contributed by atoms with Gasteiger partial charge in [-0.3, -0.25) is 0 Å². The molecule has 0 amide bonds. The Bertz CT molecular complexity index is 627. The van der Waals surface area contributed by atoms with Gasteiger partial charge in [-0.2, -0.15) is 5.26 Å². The van der Waals surface area contributed by atoms with Crippen LogP contribution in [0.3, 0.4) is 0 Å². The Morgan fingerprint density at radius 1 is 1.47 bits per heavy atom. The van der Waals surface area contributed by atoms with E-state index in [1.807, 2.05) is 5.40 Å². The van der Waals surface area contributed by atoms with Crippen molar-refractivity contribution in [2.45, 2.75) is 16.2 Å². The number of ether oxygens (including phenoxy) is 1. The van der Waals surface area contributed by atoms with Crippen LogP contribution in [0.4, 0.5) is 0 Å². The van der Waals surface area contributed by atoms with Gasteiger partial charge in [-0.05, 0) is 41.9 Å². The van der Waals surface area contributed by atoms with Crippen molar-refractivity contribution in [2.24, 2.45) is 5.14 Å². The van der Waals surface area contributed by atoms with Gasteiger partial charge < -0.3 is 4.74 Å². The molecule has 2 N–H and O–H groups in total. The fourth-order valence-electron chi connectivity index (χ4n) is 1.46. The van der Waals surface area contributed by atoms with E-state index in [1.54, 1.807) is 12.1 Å². The molecule has 7 heteroatoms. The Morgan fingerprint density at radius 2 is 2.21 bits per heavy atom. The molecule has 1 aromatic rings. The number of sulfonamides is 1. The predicted molar refractivity (Wildman–Crippen MR) is 72.6 cm³/mol. The van der Waals surface area contributed by atoms with Gasteiger partial charge in [-0.15, -0.1) is 6.42 Å². The Hall–Kier alpha value is -1.51. The molecule has 0 atom stereocenters. The first-order valence-electron chi connectivity index (χ1n) is 5.22. The molecule has 0 bridgehead atoms. The molecular formula is C12H12N2O3S2. The van der Waals surface area contributed by atoms with Gasteiger partial charge in [0.2, 0.25) is 10.0 Å². The number of hydrogen-bond acceptors (Lipinski definition) is 5. The first kappa shape index (κ1) is 15.5. The Kier molecular flexibility index (Phi) is 5.87. The Balaban J connectivity index is 2.99. The van der Waals surface area contributed by atoms with Crippen molar-refractivity contribution in [3.05, 3.63) is 23.8 Å². The second kappa shape index (κ2) is 7.17. The molecule has 0 radical (unpaired) electrons. The molecule has 0 aliphatic rings. The molecule has 0 aliphatic carbocycles. The molecule has 19 heavy (non-hydrogen) atoms. The number of thiocyanates is 1. The van der Waals surface area contributed by atoms with Crippen LogP contribution in [0.15, 0.2) is 28.0 Å². The lowest BCUT2D eigenvalue weighted by Gasteiger charge is -2.09. The van der Waals surface area contributed by atoms with Gasteiger partial charge >= 0.3 is 0 Å². The van der Waals surface area contributed by atoms with Crippen molar-refractivity contribution in [1.82, 2.24) is 0 Å². The first-order valence-corrected chi connectivity index (χ1v) is 7.58. The van der Waals surface area contributed by atoms with Crippen molar-refractivity contribution in [2.75, 3.05) is 13.2 Å². The number of terminal acetylenes is 1. The summed E-state index contributed by atoms with van der Waals surface area (Å²) in [5.41, 5.74) is 0.514. The van der Waals surface area contributed by atoms with Crippen molar-refractivity contribution >= 4 is 21.8 Å². The highest BCUT2D eigenvalue weighted by Gasteiger charge is 2.14. The van der Waals surface area contributed by atoms with Crippen LogP contribution in [-0.2, 0) is 21.2 Å². The average Bonchev–Trinajstić information content (AvgIpc) is 2.34. The van der Waals surface area contributed by atoms with Crippen LogP contribution in [-0.4, -0.2) is 21.6 Å². The normalized spacial score (nSPS) is 10.7. The SMILES string of the molecule is C#CCOCCc1cc(SC#N)ccc1S(N)(=O)=O. The monoisotopic (exact) mass is 296 g/mol. The van der Waals surface area contributed by atoms with Crippen LogP contribution in [0.2, 0.25) is 0 Å². The quantitative estimate of drug-likeness (QED) is 0.367. The second-order valence-corrected chi connectivity index (χ2v) is 5.90. The topological polar surface area (TPSA) is 93.2 Å². The van der Waals surface area contributed by atoms with Crippen LogP contribution < -0.4 is 5.14 Å². The third kappa shape index (κ3) is 4.93. The molecule has 0 spiro atoms. The summed E-state index contributed by atoms with van der Waals surface area (Å²) in [6, 6.07) is 4.55. The van der Waals surface area contributed by atoms with Crippen molar-refractivity contribution in [3.63, 3.8) is 0 Å². The molecule has 0 heterocycles. The molecular weight excluding hydrogens is 284 g/mol. The minimum absolute atomic E-state index is 0.0408. The molecule has 5 nitrogen and oxygen atoms in total. The second-order valence-electron chi connectivity index (χ2n) is 3.51. The van der Waals surface area contributed by atoms with E-state index < -0.39 is 10.0 Å². The zero-order valence-electron chi connectivity index (χ0n) is 10.00. The van der Waals surface area contributed by atoms with Crippen molar-refractivity contribution in [1.29, 1.82) is 5.26 Å². The number of benzene rings is 1. The molecule has 0 fully saturated rings. The van der Waals surface area contributed by atoms with E-state index in [2.05, 4.69) is 5.92 Å². The van der Waals surface area contributed by atoms with Crippen molar-refractivity contribution in [3.8, 4) is 17.7 Å². The van der Waals surface area contributed by atoms with E-state index in [1.165, 1.54) is 6.07 Å². The van der Waals surface area contributed by atoms with Crippen LogP contribution in [0.25, 0.3) is 0 Å².